The molecular weight excluding hydrogens is 323 g/mol. The standard InChI is InChI=1S/C11H18NO3P.C7H11N/c1-9(2)15-16(13,14)11-6-4-5-10(12-3)7-8-11;1-6-4-3-5-8-7(6)2/h4-9,11-12H,1-3H3,(H,13,14);3-7H,1-2H3. The molecule has 4 atom stereocenters. The van der Waals surface area contributed by atoms with Crippen LogP contribution in [0.1, 0.15) is 27.7 Å². The van der Waals surface area contributed by atoms with Crippen molar-refractivity contribution in [1.29, 1.82) is 0 Å². The topological polar surface area (TPSA) is 70.9 Å². The Morgan fingerprint density at radius 2 is 1.96 bits per heavy atom. The first-order valence-corrected chi connectivity index (χ1v) is 9.86. The van der Waals surface area contributed by atoms with Crippen LogP contribution in [0.3, 0.4) is 0 Å². The molecule has 134 valence electrons. The summed E-state index contributed by atoms with van der Waals surface area (Å²) in [5.74, 6) is 0.625. The largest absolute Gasteiger partial charge is 0.388 e. The quantitative estimate of drug-likeness (QED) is 0.754. The van der Waals surface area contributed by atoms with Gasteiger partial charge in [0.1, 0.15) is 0 Å². The molecule has 2 aliphatic rings. The summed E-state index contributed by atoms with van der Waals surface area (Å²) in [6.45, 7) is 7.79. The Morgan fingerprint density at radius 1 is 1.25 bits per heavy atom. The zero-order chi connectivity index (χ0) is 18.2. The van der Waals surface area contributed by atoms with Crippen LogP contribution in [0.25, 0.3) is 0 Å². The van der Waals surface area contributed by atoms with E-state index < -0.39 is 13.3 Å². The third-order valence-corrected chi connectivity index (χ3v) is 5.49. The Bertz CT molecular complexity index is 575. The van der Waals surface area contributed by atoms with Gasteiger partial charge in [-0.15, -0.1) is 0 Å². The number of likely N-dealkylation sites (N-methyl/N-ethyl adjacent to an activating group) is 1. The maximum absolute atomic E-state index is 11.9. The molecule has 0 spiro atoms. The van der Waals surface area contributed by atoms with Gasteiger partial charge in [-0.3, -0.25) is 9.56 Å². The van der Waals surface area contributed by atoms with Crippen molar-refractivity contribution in [3.05, 3.63) is 48.2 Å². The molecule has 5 nitrogen and oxygen atoms in total. The van der Waals surface area contributed by atoms with Gasteiger partial charge in [-0.1, -0.05) is 31.2 Å². The van der Waals surface area contributed by atoms with Gasteiger partial charge in [0.15, 0.2) is 0 Å². The van der Waals surface area contributed by atoms with Crippen molar-refractivity contribution in [2.75, 3.05) is 7.05 Å². The monoisotopic (exact) mass is 352 g/mol. The van der Waals surface area contributed by atoms with E-state index in [4.69, 9.17) is 4.52 Å². The van der Waals surface area contributed by atoms with E-state index in [2.05, 4.69) is 30.2 Å². The van der Waals surface area contributed by atoms with Gasteiger partial charge >= 0.3 is 7.60 Å². The lowest BCUT2D eigenvalue weighted by atomic mass is 10.0. The van der Waals surface area contributed by atoms with Crippen molar-refractivity contribution < 1.29 is 14.0 Å². The summed E-state index contributed by atoms with van der Waals surface area (Å²) in [6, 6.07) is 0.486. The Morgan fingerprint density at radius 3 is 2.46 bits per heavy atom. The summed E-state index contributed by atoms with van der Waals surface area (Å²) >= 11 is 0. The van der Waals surface area contributed by atoms with Crippen molar-refractivity contribution in [2.45, 2.75) is 45.5 Å². The number of aliphatic imine (C=N–C) groups is 1. The fraction of sp³-hybridized carbons (Fsp3) is 0.500. The van der Waals surface area contributed by atoms with E-state index in [1.54, 1.807) is 45.2 Å². The number of hydrogen-bond acceptors (Lipinski definition) is 4. The van der Waals surface area contributed by atoms with E-state index in [0.717, 1.165) is 5.70 Å². The van der Waals surface area contributed by atoms with Gasteiger partial charge in [0, 0.05) is 19.0 Å². The van der Waals surface area contributed by atoms with Gasteiger partial charge < -0.3 is 14.7 Å². The molecule has 0 radical (unpaired) electrons. The molecule has 0 bridgehead atoms. The van der Waals surface area contributed by atoms with Crippen LogP contribution in [0.15, 0.2) is 53.2 Å². The van der Waals surface area contributed by atoms with Gasteiger partial charge in [-0.2, -0.15) is 0 Å². The van der Waals surface area contributed by atoms with E-state index in [-0.39, 0.29) is 6.10 Å². The van der Waals surface area contributed by atoms with Crippen LogP contribution < -0.4 is 5.32 Å². The SMILES string of the molecule is CC1C=CC=NC1C.CNC1=CC=CC(P(=O)(O)OC(C)C)C=C1. The molecule has 0 saturated carbocycles. The fourth-order valence-corrected chi connectivity index (χ4v) is 3.42. The average molecular weight is 352 g/mol. The maximum Gasteiger partial charge on any atom is 0.338 e. The number of dihydropyridines is 1. The molecule has 0 aromatic heterocycles. The van der Waals surface area contributed by atoms with Crippen molar-refractivity contribution >= 4 is 13.8 Å². The average Bonchev–Trinajstić information content (AvgIpc) is 2.75. The zero-order valence-electron chi connectivity index (χ0n) is 15.1. The minimum absolute atomic E-state index is 0.266. The van der Waals surface area contributed by atoms with E-state index in [0.29, 0.717) is 12.0 Å². The molecule has 1 heterocycles. The summed E-state index contributed by atoms with van der Waals surface area (Å²) in [5, 5.41) is 2.97. The summed E-state index contributed by atoms with van der Waals surface area (Å²) in [4.78, 5) is 14.0. The summed E-state index contributed by atoms with van der Waals surface area (Å²) in [5.41, 5.74) is 0.306. The molecule has 0 aromatic carbocycles. The van der Waals surface area contributed by atoms with Crippen molar-refractivity contribution in [3.8, 4) is 0 Å². The Hall–Kier alpha value is -1.42. The molecular formula is C18H29N2O3P. The Kier molecular flexibility index (Phi) is 8.40. The predicted octanol–water partition coefficient (Wildman–Crippen LogP) is 3.85. The summed E-state index contributed by atoms with van der Waals surface area (Å²) in [6.07, 6.45) is 14.5. The van der Waals surface area contributed by atoms with E-state index in [1.807, 2.05) is 18.4 Å². The third kappa shape index (κ3) is 7.00. The molecule has 1 aliphatic heterocycles. The lowest BCUT2D eigenvalue weighted by Gasteiger charge is -2.19. The van der Waals surface area contributed by atoms with Crippen LogP contribution in [0.2, 0.25) is 0 Å². The number of allylic oxidation sites excluding steroid dienone is 6. The second-order valence-corrected chi connectivity index (χ2v) is 8.04. The highest BCUT2D eigenvalue weighted by atomic mass is 31.2. The van der Waals surface area contributed by atoms with Gasteiger partial charge in [0.25, 0.3) is 0 Å². The van der Waals surface area contributed by atoms with Crippen LogP contribution in [0.4, 0.5) is 0 Å². The highest BCUT2D eigenvalue weighted by Gasteiger charge is 2.29. The van der Waals surface area contributed by atoms with E-state index in [9.17, 15) is 9.46 Å². The molecule has 4 unspecified atom stereocenters. The number of nitrogens with one attached hydrogen (secondary N) is 1. The van der Waals surface area contributed by atoms with Crippen LogP contribution in [-0.2, 0) is 9.09 Å². The van der Waals surface area contributed by atoms with Crippen molar-refractivity contribution in [1.82, 2.24) is 5.32 Å². The van der Waals surface area contributed by atoms with Gasteiger partial charge in [-0.25, -0.2) is 0 Å². The molecule has 6 heteroatoms. The molecule has 24 heavy (non-hydrogen) atoms. The second-order valence-electron chi connectivity index (χ2n) is 6.11. The first kappa shape index (κ1) is 20.6. The molecule has 2 rings (SSSR count). The van der Waals surface area contributed by atoms with E-state index >= 15 is 0 Å². The third-order valence-electron chi connectivity index (χ3n) is 3.67. The molecule has 1 aliphatic carbocycles. The molecule has 2 N–H and O–H groups in total. The number of nitrogens with zero attached hydrogens (tertiary/aromatic N) is 1. The number of rotatable bonds is 4. The van der Waals surface area contributed by atoms with Gasteiger partial charge in [0.2, 0.25) is 0 Å². The predicted molar refractivity (Wildman–Crippen MR) is 102 cm³/mol. The Labute approximate surface area is 145 Å². The second kappa shape index (κ2) is 9.77. The zero-order valence-corrected chi connectivity index (χ0v) is 16.0. The fourth-order valence-electron chi connectivity index (χ4n) is 2.06. The number of hydrogen-bond donors (Lipinski definition) is 2. The van der Waals surface area contributed by atoms with Crippen molar-refractivity contribution in [3.63, 3.8) is 0 Å². The van der Waals surface area contributed by atoms with E-state index in [1.165, 1.54) is 0 Å². The molecule has 0 fully saturated rings. The lowest BCUT2D eigenvalue weighted by Crippen LogP contribution is -2.11. The minimum Gasteiger partial charge on any atom is -0.388 e. The molecule has 0 saturated heterocycles. The molecule has 0 aromatic rings. The first-order valence-electron chi connectivity index (χ1n) is 8.21. The first-order chi connectivity index (χ1) is 11.3. The van der Waals surface area contributed by atoms with Gasteiger partial charge in [0.05, 0.1) is 17.8 Å². The van der Waals surface area contributed by atoms with Crippen molar-refractivity contribution in [2.24, 2.45) is 10.9 Å². The smallest absolute Gasteiger partial charge is 0.338 e. The maximum atomic E-state index is 11.9. The minimum atomic E-state index is -3.62. The Balaban J connectivity index is 0.000000300. The van der Waals surface area contributed by atoms with Gasteiger partial charge in [-0.05, 0) is 44.9 Å². The summed E-state index contributed by atoms with van der Waals surface area (Å²) in [7, 11) is -1.82. The van der Waals surface area contributed by atoms with Crippen LogP contribution in [-0.4, -0.2) is 36.0 Å². The molecule has 0 amide bonds. The van der Waals surface area contributed by atoms with Crippen LogP contribution in [0, 0.1) is 5.92 Å². The lowest BCUT2D eigenvalue weighted by molar-refractivity contribution is 0.203. The summed E-state index contributed by atoms with van der Waals surface area (Å²) < 4.78 is 17.0. The normalized spacial score (nSPS) is 27.8. The van der Waals surface area contributed by atoms with Crippen LogP contribution >= 0.6 is 7.60 Å². The van der Waals surface area contributed by atoms with Crippen LogP contribution in [0.5, 0.6) is 0 Å². The highest BCUT2D eigenvalue weighted by molar-refractivity contribution is 7.54. The highest BCUT2D eigenvalue weighted by Crippen LogP contribution is 2.50.